The summed E-state index contributed by atoms with van der Waals surface area (Å²) in [5.41, 5.74) is 3.35. The molecule has 30 heavy (non-hydrogen) atoms. The molecule has 1 aromatic heterocycles. The number of fused-ring (bicyclic) bond motifs is 2. The standard InChI is InChI=1S/C22H22ClF2N3O2/c1-12-13-4-3-5-15(21(30)22(24)25)14(13)8-9-28(12)20(29)10-16-17-11-26-27(2)19(17)7-6-18(16)23/h3-7,11-12,21-22,30H,8-10H2,1-2H3/t12-,21+/m0/s1. The largest absolute Gasteiger partial charge is 0.382 e. The number of alkyl halides is 2. The Kier molecular flexibility index (Phi) is 5.51. The second-order valence-corrected chi connectivity index (χ2v) is 8.02. The Morgan fingerprint density at radius 1 is 1.33 bits per heavy atom. The molecule has 1 N–H and O–H groups in total. The summed E-state index contributed by atoms with van der Waals surface area (Å²) in [7, 11) is 1.83. The number of aliphatic hydroxyl groups is 1. The van der Waals surface area contributed by atoms with Gasteiger partial charge >= 0.3 is 0 Å². The summed E-state index contributed by atoms with van der Waals surface area (Å²) >= 11 is 6.39. The van der Waals surface area contributed by atoms with Gasteiger partial charge in [0, 0.05) is 24.0 Å². The van der Waals surface area contributed by atoms with Crippen molar-refractivity contribution in [3.05, 3.63) is 63.8 Å². The number of benzene rings is 2. The number of aromatic nitrogens is 2. The molecule has 2 aromatic carbocycles. The van der Waals surface area contributed by atoms with Crippen LogP contribution < -0.4 is 0 Å². The Labute approximate surface area is 177 Å². The Hall–Kier alpha value is -2.51. The summed E-state index contributed by atoms with van der Waals surface area (Å²) in [6.07, 6.45) is -2.43. The third-order valence-electron chi connectivity index (χ3n) is 5.96. The highest BCUT2D eigenvalue weighted by atomic mass is 35.5. The van der Waals surface area contributed by atoms with Gasteiger partial charge in [-0.15, -0.1) is 0 Å². The lowest BCUT2D eigenvalue weighted by molar-refractivity contribution is -0.133. The highest BCUT2D eigenvalue weighted by Gasteiger charge is 2.32. The zero-order chi connectivity index (χ0) is 21.6. The Morgan fingerprint density at radius 3 is 2.83 bits per heavy atom. The molecule has 0 saturated heterocycles. The molecule has 0 saturated carbocycles. The average molecular weight is 434 g/mol. The molecule has 2 heterocycles. The van der Waals surface area contributed by atoms with Crippen molar-refractivity contribution in [3.63, 3.8) is 0 Å². The molecular formula is C22H22ClF2N3O2. The lowest BCUT2D eigenvalue weighted by Crippen LogP contribution is -2.40. The number of carbonyl (C=O) groups excluding carboxylic acids is 1. The van der Waals surface area contributed by atoms with Crippen molar-refractivity contribution in [2.45, 2.75) is 38.3 Å². The molecule has 158 valence electrons. The molecule has 0 radical (unpaired) electrons. The van der Waals surface area contributed by atoms with Gasteiger partial charge in [-0.3, -0.25) is 9.48 Å². The highest BCUT2D eigenvalue weighted by molar-refractivity contribution is 6.32. The maximum atomic E-state index is 13.2. The van der Waals surface area contributed by atoms with Crippen LogP contribution in [0.15, 0.2) is 36.5 Å². The molecule has 2 atom stereocenters. The van der Waals surface area contributed by atoms with Gasteiger partial charge in [0.05, 0.1) is 24.2 Å². The summed E-state index contributed by atoms with van der Waals surface area (Å²) in [5, 5.41) is 15.5. The van der Waals surface area contributed by atoms with Crippen molar-refractivity contribution in [2.75, 3.05) is 6.54 Å². The second-order valence-electron chi connectivity index (χ2n) is 7.61. The first-order valence-electron chi connectivity index (χ1n) is 9.76. The van der Waals surface area contributed by atoms with Crippen molar-refractivity contribution in [2.24, 2.45) is 7.05 Å². The molecule has 1 aliphatic rings. The Balaban J connectivity index is 1.62. The van der Waals surface area contributed by atoms with Crippen molar-refractivity contribution >= 4 is 28.4 Å². The number of carbonyl (C=O) groups is 1. The molecule has 0 fully saturated rings. The van der Waals surface area contributed by atoms with Gasteiger partial charge in [-0.25, -0.2) is 8.78 Å². The molecule has 5 nitrogen and oxygen atoms in total. The fourth-order valence-corrected chi connectivity index (χ4v) is 4.57. The van der Waals surface area contributed by atoms with Gasteiger partial charge in [0.15, 0.2) is 0 Å². The van der Waals surface area contributed by atoms with Crippen LogP contribution in [0.2, 0.25) is 5.02 Å². The first-order valence-corrected chi connectivity index (χ1v) is 10.1. The summed E-state index contributed by atoms with van der Waals surface area (Å²) in [4.78, 5) is 14.9. The second kappa shape index (κ2) is 7.96. The summed E-state index contributed by atoms with van der Waals surface area (Å²) in [6, 6.07) is 8.35. The van der Waals surface area contributed by atoms with Crippen LogP contribution in [0, 0.1) is 0 Å². The molecular weight excluding hydrogens is 412 g/mol. The van der Waals surface area contributed by atoms with Gasteiger partial charge < -0.3 is 10.0 Å². The Morgan fingerprint density at radius 2 is 2.10 bits per heavy atom. The highest BCUT2D eigenvalue weighted by Crippen LogP contribution is 2.36. The van der Waals surface area contributed by atoms with Gasteiger partial charge in [0.25, 0.3) is 6.43 Å². The first-order chi connectivity index (χ1) is 14.3. The SMILES string of the molecule is C[C@H]1c2cccc([C@@H](O)C(F)F)c2CCN1C(=O)Cc1c(Cl)ccc2c1cnn2C. The van der Waals surface area contributed by atoms with Crippen LogP contribution >= 0.6 is 11.6 Å². The Bertz CT molecular complexity index is 1120. The van der Waals surface area contributed by atoms with E-state index < -0.39 is 12.5 Å². The van der Waals surface area contributed by atoms with E-state index >= 15 is 0 Å². The third kappa shape index (κ3) is 3.46. The van der Waals surface area contributed by atoms with E-state index in [2.05, 4.69) is 5.10 Å². The number of hydrogen-bond acceptors (Lipinski definition) is 3. The summed E-state index contributed by atoms with van der Waals surface area (Å²) < 4.78 is 27.9. The molecule has 0 unspecified atom stereocenters. The van der Waals surface area contributed by atoms with Crippen LogP contribution in [0.1, 0.15) is 41.3 Å². The van der Waals surface area contributed by atoms with Crippen LogP contribution in [0.3, 0.4) is 0 Å². The predicted molar refractivity (Wildman–Crippen MR) is 111 cm³/mol. The minimum Gasteiger partial charge on any atom is -0.382 e. The average Bonchev–Trinajstić information content (AvgIpc) is 3.10. The van der Waals surface area contributed by atoms with E-state index in [-0.39, 0.29) is 23.9 Å². The molecule has 3 aromatic rings. The van der Waals surface area contributed by atoms with Crippen molar-refractivity contribution < 1.29 is 18.7 Å². The predicted octanol–water partition coefficient (Wildman–Crippen LogP) is 4.21. The number of aryl methyl sites for hydroxylation is 1. The van der Waals surface area contributed by atoms with E-state index in [1.165, 1.54) is 6.07 Å². The van der Waals surface area contributed by atoms with E-state index in [4.69, 9.17) is 11.6 Å². The number of rotatable bonds is 4. The number of nitrogens with zero attached hydrogens (tertiary/aromatic N) is 3. The molecule has 0 aliphatic carbocycles. The number of halogens is 3. The van der Waals surface area contributed by atoms with Gasteiger partial charge in [0.1, 0.15) is 6.10 Å². The first kappa shape index (κ1) is 20.8. The van der Waals surface area contributed by atoms with E-state index in [9.17, 15) is 18.7 Å². The molecule has 4 rings (SSSR count). The summed E-state index contributed by atoms with van der Waals surface area (Å²) in [6.45, 7) is 2.27. The minimum absolute atomic E-state index is 0.0915. The smallest absolute Gasteiger partial charge is 0.268 e. The van der Waals surface area contributed by atoms with Crippen molar-refractivity contribution in [3.8, 4) is 0 Å². The number of amides is 1. The van der Waals surface area contributed by atoms with Crippen molar-refractivity contribution in [1.82, 2.24) is 14.7 Å². The monoisotopic (exact) mass is 433 g/mol. The van der Waals surface area contributed by atoms with E-state index in [1.54, 1.807) is 27.9 Å². The third-order valence-corrected chi connectivity index (χ3v) is 6.31. The zero-order valence-electron chi connectivity index (χ0n) is 16.6. The van der Waals surface area contributed by atoms with Crippen LogP contribution in [-0.4, -0.2) is 38.7 Å². The normalized spacial score (nSPS) is 17.4. The van der Waals surface area contributed by atoms with E-state index in [0.717, 1.165) is 22.0 Å². The summed E-state index contributed by atoms with van der Waals surface area (Å²) in [5.74, 6) is -0.0915. The molecule has 0 spiro atoms. The van der Waals surface area contributed by atoms with Crippen LogP contribution in [0.4, 0.5) is 8.78 Å². The van der Waals surface area contributed by atoms with Gasteiger partial charge in [-0.2, -0.15) is 5.10 Å². The minimum atomic E-state index is -2.85. The van der Waals surface area contributed by atoms with E-state index in [0.29, 0.717) is 23.6 Å². The van der Waals surface area contributed by atoms with Crippen molar-refractivity contribution in [1.29, 1.82) is 0 Å². The fourth-order valence-electron chi connectivity index (χ4n) is 4.34. The molecule has 8 heteroatoms. The van der Waals surface area contributed by atoms with Crippen LogP contribution in [0.5, 0.6) is 0 Å². The fraction of sp³-hybridized carbons (Fsp3) is 0.364. The maximum Gasteiger partial charge on any atom is 0.268 e. The van der Waals surface area contributed by atoms with Crippen LogP contribution in [-0.2, 0) is 24.7 Å². The maximum absolute atomic E-state index is 13.2. The number of hydrogen-bond donors (Lipinski definition) is 1. The van der Waals surface area contributed by atoms with Gasteiger partial charge in [-0.1, -0.05) is 29.8 Å². The zero-order valence-corrected chi connectivity index (χ0v) is 17.4. The molecule has 1 aliphatic heterocycles. The quantitative estimate of drug-likeness (QED) is 0.670. The topological polar surface area (TPSA) is 58.4 Å². The lowest BCUT2D eigenvalue weighted by atomic mass is 9.87. The van der Waals surface area contributed by atoms with Crippen LogP contribution in [0.25, 0.3) is 10.9 Å². The number of aliphatic hydroxyl groups excluding tert-OH is 1. The van der Waals surface area contributed by atoms with E-state index in [1.807, 2.05) is 26.1 Å². The van der Waals surface area contributed by atoms with Gasteiger partial charge in [-0.05, 0) is 47.7 Å². The molecule has 0 bridgehead atoms. The molecule has 1 amide bonds. The lowest BCUT2D eigenvalue weighted by Gasteiger charge is -2.37. The van der Waals surface area contributed by atoms with Gasteiger partial charge in [0.2, 0.25) is 5.91 Å².